The lowest BCUT2D eigenvalue weighted by molar-refractivity contribution is -0.166. The van der Waals surface area contributed by atoms with E-state index in [2.05, 4.69) is 10.3 Å². The molecule has 0 aliphatic rings. The third-order valence-corrected chi connectivity index (χ3v) is 3.71. The summed E-state index contributed by atoms with van der Waals surface area (Å²) in [5.74, 6) is -4.12. The van der Waals surface area contributed by atoms with Crippen LogP contribution in [0.4, 0.5) is 17.6 Å². The van der Waals surface area contributed by atoms with Crippen molar-refractivity contribution in [1.29, 1.82) is 0 Å². The molecule has 0 spiro atoms. The van der Waals surface area contributed by atoms with Crippen LogP contribution in [0.5, 0.6) is 0 Å². The predicted octanol–water partition coefficient (Wildman–Crippen LogP) is 2.44. The summed E-state index contributed by atoms with van der Waals surface area (Å²) in [7, 11) is 1.65. The van der Waals surface area contributed by atoms with E-state index in [0.717, 1.165) is 10.7 Å². The van der Waals surface area contributed by atoms with Crippen molar-refractivity contribution in [3.63, 3.8) is 0 Å². The monoisotopic (exact) mass is 325 g/mol. The Hall–Kier alpha value is -1.19. The zero-order valence-electron chi connectivity index (χ0n) is 11.2. The number of hydrogen-bond donors (Lipinski definition) is 1. The second-order valence-electron chi connectivity index (χ2n) is 4.59. The highest BCUT2D eigenvalue weighted by Gasteiger charge is 2.41. The van der Waals surface area contributed by atoms with Crippen molar-refractivity contribution in [2.45, 2.75) is 24.8 Å². The molecule has 0 fully saturated rings. The van der Waals surface area contributed by atoms with Crippen molar-refractivity contribution in [2.75, 3.05) is 20.3 Å². The molecule has 0 saturated carbocycles. The van der Waals surface area contributed by atoms with Crippen molar-refractivity contribution in [3.8, 4) is 0 Å². The first kappa shape index (κ1) is 16.2. The lowest BCUT2D eigenvalue weighted by atomic mass is 10.2. The molecule has 4 nitrogen and oxygen atoms in total. The summed E-state index contributed by atoms with van der Waals surface area (Å²) in [6.45, 7) is -1.38. The normalized spacial score (nSPS) is 14.2. The van der Waals surface area contributed by atoms with Crippen molar-refractivity contribution >= 4 is 16.3 Å². The van der Waals surface area contributed by atoms with E-state index in [9.17, 15) is 17.6 Å². The van der Waals surface area contributed by atoms with Gasteiger partial charge in [-0.25, -0.2) is 13.8 Å². The lowest BCUT2D eigenvalue weighted by Crippen LogP contribution is -2.37. The van der Waals surface area contributed by atoms with Crippen molar-refractivity contribution in [3.05, 3.63) is 23.5 Å². The standard InChI is InChI=1S/C12H15F4N3OS/c1-17-9(6-20-7-12(15,16)10(13)14)4-8-5-19-2-3-21-11(19)18-8/h2-3,5,9-10,17H,4,6-7H2,1H3. The minimum Gasteiger partial charge on any atom is -0.373 e. The minimum absolute atomic E-state index is 0.0933. The molecule has 1 unspecified atom stereocenters. The lowest BCUT2D eigenvalue weighted by Gasteiger charge is -2.19. The van der Waals surface area contributed by atoms with E-state index < -0.39 is 19.0 Å². The summed E-state index contributed by atoms with van der Waals surface area (Å²) < 4.78 is 56.0. The number of imidazole rings is 1. The number of hydrogen-bond acceptors (Lipinski definition) is 4. The van der Waals surface area contributed by atoms with Gasteiger partial charge in [0.25, 0.3) is 0 Å². The molecular formula is C12H15F4N3OS. The number of nitrogens with zero attached hydrogens (tertiary/aromatic N) is 2. The number of rotatable bonds is 8. The van der Waals surface area contributed by atoms with Gasteiger partial charge in [-0.1, -0.05) is 0 Å². The molecule has 0 bridgehead atoms. The fourth-order valence-electron chi connectivity index (χ4n) is 1.77. The van der Waals surface area contributed by atoms with Gasteiger partial charge in [-0.15, -0.1) is 11.3 Å². The summed E-state index contributed by atoms with van der Waals surface area (Å²) in [5.41, 5.74) is 0.783. The van der Waals surface area contributed by atoms with Crippen LogP contribution in [-0.4, -0.2) is 48.0 Å². The summed E-state index contributed by atoms with van der Waals surface area (Å²) in [6.07, 6.45) is 0.449. The van der Waals surface area contributed by atoms with Crippen LogP contribution in [0.1, 0.15) is 5.69 Å². The molecule has 1 atom stereocenters. The predicted molar refractivity (Wildman–Crippen MR) is 71.4 cm³/mol. The number of nitrogens with one attached hydrogen (secondary N) is 1. The van der Waals surface area contributed by atoms with Gasteiger partial charge in [0, 0.05) is 30.2 Å². The number of fused-ring (bicyclic) bond motifs is 1. The van der Waals surface area contributed by atoms with E-state index in [4.69, 9.17) is 4.74 Å². The molecule has 0 amide bonds. The number of halogens is 4. The maximum Gasteiger partial charge on any atom is 0.330 e. The molecular weight excluding hydrogens is 310 g/mol. The van der Waals surface area contributed by atoms with E-state index in [-0.39, 0.29) is 12.6 Å². The van der Waals surface area contributed by atoms with Crippen LogP contribution in [0.15, 0.2) is 17.8 Å². The quantitative estimate of drug-likeness (QED) is 0.758. The Morgan fingerprint density at radius 3 is 2.86 bits per heavy atom. The largest absolute Gasteiger partial charge is 0.373 e. The number of likely N-dealkylation sites (N-methyl/N-ethyl adjacent to an activating group) is 1. The van der Waals surface area contributed by atoms with E-state index >= 15 is 0 Å². The van der Waals surface area contributed by atoms with Crippen LogP contribution in [0.2, 0.25) is 0 Å². The van der Waals surface area contributed by atoms with Crippen LogP contribution in [0, 0.1) is 0 Å². The zero-order chi connectivity index (χ0) is 15.5. The highest BCUT2D eigenvalue weighted by atomic mass is 32.1. The number of ether oxygens (including phenoxy) is 1. The Labute approximate surface area is 122 Å². The second-order valence-corrected chi connectivity index (χ2v) is 5.46. The Morgan fingerprint density at radius 2 is 2.24 bits per heavy atom. The molecule has 0 saturated heterocycles. The summed E-state index contributed by atoms with van der Waals surface area (Å²) in [5, 5.41) is 4.80. The van der Waals surface area contributed by atoms with Gasteiger partial charge in [0.1, 0.15) is 6.61 Å². The van der Waals surface area contributed by atoms with Gasteiger partial charge >= 0.3 is 12.3 Å². The van der Waals surface area contributed by atoms with E-state index in [1.165, 1.54) is 11.3 Å². The number of thiazole rings is 1. The van der Waals surface area contributed by atoms with Crippen molar-refractivity contribution in [2.24, 2.45) is 0 Å². The molecule has 2 heterocycles. The average molecular weight is 325 g/mol. The van der Waals surface area contributed by atoms with Crippen LogP contribution >= 0.6 is 11.3 Å². The molecule has 0 aromatic carbocycles. The van der Waals surface area contributed by atoms with Gasteiger partial charge in [0.05, 0.1) is 12.3 Å². The molecule has 2 aromatic heterocycles. The first-order valence-electron chi connectivity index (χ1n) is 6.24. The first-order valence-corrected chi connectivity index (χ1v) is 7.12. The van der Waals surface area contributed by atoms with E-state index in [1.54, 1.807) is 7.05 Å². The molecule has 2 rings (SSSR count). The summed E-state index contributed by atoms with van der Waals surface area (Å²) in [4.78, 5) is 5.20. The second kappa shape index (κ2) is 6.71. The van der Waals surface area contributed by atoms with Crippen LogP contribution in [-0.2, 0) is 11.2 Å². The van der Waals surface area contributed by atoms with E-state index in [1.807, 2.05) is 22.2 Å². The zero-order valence-corrected chi connectivity index (χ0v) is 12.0. The third-order valence-electron chi connectivity index (χ3n) is 2.94. The van der Waals surface area contributed by atoms with Crippen molar-refractivity contribution in [1.82, 2.24) is 14.7 Å². The van der Waals surface area contributed by atoms with Gasteiger partial charge in [-0.2, -0.15) is 8.78 Å². The van der Waals surface area contributed by atoms with Crippen LogP contribution in [0.25, 0.3) is 4.96 Å². The van der Waals surface area contributed by atoms with Crippen molar-refractivity contribution < 1.29 is 22.3 Å². The molecule has 1 N–H and O–H groups in total. The third kappa shape index (κ3) is 4.14. The maximum absolute atomic E-state index is 12.7. The molecule has 0 aliphatic carbocycles. The molecule has 9 heteroatoms. The Balaban J connectivity index is 1.84. The van der Waals surface area contributed by atoms with Gasteiger partial charge in [0.2, 0.25) is 0 Å². The van der Waals surface area contributed by atoms with Crippen LogP contribution in [0.3, 0.4) is 0 Å². The Bertz CT molecular complexity index is 543. The maximum atomic E-state index is 12.7. The molecule has 2 aromatic rings. The Morgan fingerprint density at radius 1 is 1.48 bits per heavy atom. The molecule has 21 heavy (non-hydrogen) atoms. The fourth-order valence-corrected chi connectivity index (χ4v) is 2.49. The first-order chi connectivity index (χ1) is 9.92. The number of aromatic nitrogens is 2. The molecule has 0 radical (unpaired) electrons. The topological polar surface area (TPSA) is 38.6 Å². The van der Waals surface area contributed by atoms with Gasteiger partial charge < -0.3 is 10.1 Å². The van der Waals surface area contributed by atoms with Gasteiger partial charge in [0.15, 0.2) is 4.96 Å². The van der Waals surface area contributed by atoms with E-state index in [0.29, 0.717) is 6.42 Å². The minimum atomic E-state index is -4.12. The fraction of sp³-hybridized carbons (Fsp3) is 0.583. The molecule has 0 aliphatic heterocycles. The number of alkyl halides is 4. The van der Waals surface area contributed by atoms with Gasteiger partial charge in [-0.05, 0) is 7.05 Å². The van der Waals surface area contributed by atoms with Crippen LogP contribution < -0.4 is 5.32 Å². The summed E-state index contributed by atoms with van der Waals surface area (Å²) in [6, 6.07) is -0.275. The molecule has 118 valence electrons. The highest BCUT2D eigenvalue weighted by Crippen LogP contribution is 2.23. The highest BCUT2D eigenvalue weighted by molar-refractivity contribution is 7.15. The average Bonchev–Trinajstić information content (AvgIpc) is 2.97. The summed E-state index contributed by atoms with van der Waals surface area (Å²) >= 11 is 1.48. The van der Waals surface area contributed by atoms with Gasteiger partial charge in [-0.3, -0.25) is 4.40 Å². The Kier molecular flexibility index (Phi) is 5.17. The SMILES string of the molecule is CNC(COCC(F)(F)C(F)F)Cc1cn2ccsc2n1. The smallest absolute Gasteiger partial charge is 0.330 e.